The van der Waals surface area contributed by atoms with Gasteiger partial charge in [0.05, 0.1) is 19.3 Å². The summed E-state index contributed by atoms with van der Waals surface area (Å²) in [6.07, 6.45) is 0.825. The lowest BCUT2D eigenvalue weighted by Gasteiger charge is -2.11. The van der Waals surface area contributed by atoms with Crippen molar-refractivity contribution in [2.24, 2.45) is 5.92 Å². The van der Waals surface area contributed by atoms with E-state index in [2.05, 4.69) is 19.2 Å². The molecule has 0 aliphatic heterocycles. The maximum Gasteiger partial charge on any atom is 0.338 e. The van der Waals surface area contributed by atoms with Crippen LogP contribution in [0.2, 0.25) is 0 Å². The summed E-state index contributed by atoms with van der Waals surface area (Å²) in [7, 11) is 1.54. The minimum absolute atomic E-state index is 0.153. The number of carbonyl (C=O) groups is 2. The highest BCUT2D eigenvalue weighted by atomic mass is 16.5. The summed E-state index contributed by atoms with van der Waals surface area (Å²) in [5, 5.41) is 2.72. The summed E-state index contributed by atoms with van der Waals surface area (Å²) in [5.74, 6) is 0.856. The van der Waals surface area contributed by atoms with E-state index in [-0.39, 0.29) is 18.5 Å². The number of methoxy groups -OCH3 is 1. The van der Waals surface area contributed by atoms with Crippen LogP contribution in [0.1, 0.15) is 30.6 Å². The average molecular weight is 371 g/mol. The van der Waals surface area contributed by atoms with Crippen LogP contribution in [0.5, 0.6) is 11.5 Å². The summed E-state index contributed by atoms with van der Waals surface area (Å²) < 4.78 is 15.9. The summed E-state index contributed by atoms with van der Waals surface area (Å²) in [4.78, 5) is 24.0. The van der Waals surface area contributed by atoms with Gasteiger partial charge in [-0.2, -0.15) is 0 Å². The maximum absolute atomic E-state index is 12.0. The number of anilines is 1. The number of hydrogen-bond donors (Lipinski definition) is 1. The molecular weight excluding hydrogens is 346 g/mol. The molecule has 144 valence electrons. The molecule has 0 bridgehead atoms. The van der Waals surface area contributed by atoms with Gasteiger partial charge in [-0.05, 0) is 48.7 Å². The third-order valence-corrected chi connectivity index (χ3v) is 3.76. The van der Waals surface area contributed by atoms with Gasteiger partial charge in [0.25, 0.3) is 5.91 Å². The van der Waals surface area contributed by atoms with Crippen LogP contribution in [0.25, 0.3) is 0 Å². The molecule has 0 radical (unpaired) electrons. The number of ether oxygens (including phenoxy) is 3. The van der Waals surface area contributed by atoms with E-state index in [1.165, 1.54) is 7.11 Å². The number of nitrogens with one attached hydrogen (secondary N) is 1. The molecular formula is C21H25NO5. The Balaban J connectivity index is 1.83. The molecule has 2 aromatic rings. The van der Waals surface area contributed by atoms with E-state index in [9.17, 15) is 9.59 Å². The first-order valence-corrected chi connectivity index (χ1v) is 8.82. The second kappa shape index (κ2) is 10.2. The number of hydrogen-bond acceptors (Lipinski definition) is 5. The number of benzene rings is 2. The van der Waals surface area contributed by atoms with Crippen molar-refractivity contribution < 1.29 is 23.8 Å². The zero-order chi connectivity index (χ0) is 19.6. The van der Waals surface area contributed by atoms with Crippen LogP contribution in [0.15, 0.2) is 48.5 Å². The van der Waals surface area contributed by atoms with Gasteiger partial charge in [-0.15, -0.1) is 0 Å². The van der Waals surface area contributed by atoms with Gasteiger partial charge in [0.1, 0.15) is 0 Å². The Morgan fingerprint density at radius 3 is 2.30 bits per heavy atom. The zero-order valence-corrected chi connectivity index (χ0v) is 15.9. The molecule has 0 spiro atoms. The molecule has 6 heteroatoms. The van der Waals surface area contributed by atoms with E-state index in [1.54, 1.807) is 42.5 Å². The molecule has 0 saturated carbocycles. The van der Waals surface area contributed by atoms with Crippen molar-refractivity contribution >= 4 is 17.6 Å². The molecule has 0 saturated heterocycles. The molecule has 0 aromatic heterocycles. The second-order valence-electron chi connectivity index (χ2n) is 6.38. The molecule has 1 amide bonds. The molecule has 0 aliphatic carbocycles. The molecule has 2 aromatic carbocycles. The molecule has 0 unspecified atom stereocenters. The van der Waals surface area contributed by atoms with Gasteiger partial charge in [-0.1, -0.05) is 26.0 Å². The molecule has 0 heterocycles. The van der Waals surface area contributed by atoms with Crippen molar-refractivity contribution in [3.05, 3.63) is 54.1 Å². The quantitative estimate of drug-likeness (QED) is 0.677. The number of para-hydroxylation sites is 2. The first-order valence-electron chi connectivity index (χ1n) is 8.82. The van der Waals surface area contributed by atoms with Crippen LogP contribution in [0.3, 0.4) is 0 Å². The predicted octanol–water partition coefficient (Wildman–Crippen LogP) is 3.92. The van der Waals surface area contributed by atoms with E-state index >= 15 is 0 Å². The highest BCUT2D eigenvalue weighted by molar-refractivity contribution is 5.93. The third-order valence-electron chi connectivity index (χ3n) is 3.76. The van der Waals surface area contributed by atoms with Crippen molar-refractivity contribution in [1.29, 1.82) is 0 Å². The molecule has 6 nitrogen and oxygen atoms in total. The maximum atomic E-state index is 12.0. The van der Waals surface area contributed by atoms with Gasteiger partial charge in [-0.3, -0.25) is 4.79 Å². The van der Waals surface area contributed by atoms with Crippen LogP contribution >= 0.6 is 0 Å². The topological polar surface area (TPSA) is 73.9 Å². The SMILES string of the molecule is COc1ccccc1OCC(=O)Nc1ccc(C(=O)OCCC(C)C)cc1. The van der Waals surface area contributed by atoms with E-state index in [0.29, 0.717) is 35.3 Å². The Morgan fingerprint density at radius 1 is 1.00 bits per heavy atom. The summed E-state index contributed by atoms with van der Waals surface area (Å²) >= 11 is 0. The first-order chi connectivity index (χ1) is 13.0. The predicted molar refractivity (Wildman–Crippen MR) is 103 cm³/mol. The fraction of sp³-hybridized carbons (Fsp3) is 0.333. The normalized spacial score (nSPS) is 10.4. The van der Waals surface area contributed by atoms with Crippen LogP contribution in [-0.2, 0) is 9.53 Å². The zero-order valence-electron chi connectivity index (χ0n) is 15.9. The van der Waals surface area contributed by atoms with Gasteiger partial charge in [0.15, 0.2) is 18.1 Å². The number of esters is 1. The van der Waals surface area contributed by atoms with Gasteiger partial charge in [0.2, 0.25) is 0 Å². The van der Waals surface area contributed by atoms with Crippen LogP contribution < -0.4 is 14.8 Å². The standard InChI is InChI=1S/C21H25NO5/c1-15(2)12-13-26-21(24)16-8-10-17(11-9-16)22-20(23)14-27-19-7-5-4-6-18(19)25-3/h4-11,15H,12-14H2,1-3H3,(H,22,23). The monoisotopic (exact) mass is 371 g/mol. The first kappa shape index (κ1) is 20.3. The summed E-state index contributed by atoms with van der Waals surface area (Å²) in [5.41, 5.74) is 1.02. The third kappa shape index (κ3) is 6.66. The van der Waals surface area contributed by atoms with Crippen molar-refractivity contribution in [1.82, 2.24) is 0 Å². The van der Waals surface area contributed by atoms with Gasteiger partial charge >= 0.3 is 5.97 Å². The Labute approximate surface area is 159 Å². The summed E-state index contributed by atoms with van der Waals surface area (Å²) in [6.45, 7) is 4.39. The molecule has 0 atom stereocenters. The molecule has 2 rings (SSSR count). The van der Waals surface area contributed by atoms with E-state index < -0.39 is 0 Å². The van der Waals surface area contributed by atoms with Crippen LogP contribution in [-0.4, -0.2) is 32.2 Å². The second-order valence-corrected chi connectivity index (χ2v) is 6.38. The minimum atomic E-state index is -0.368. The summed E-state index contributed by atoms with van der Waals surface area (Å²) in [6, 6.07) is 13.6. The Kier molecular flexibility index (Phi) is 7.67. The van der Waals surface area contributed by atoms with Crippen molar-refractivity contribution in [2.75, 3.05) is 25.6 Å². The van der Waals surface area contributed by atoms with Gasteiger partial charge in [0, 0.05) is 5.69 Å². The number of carbonyl (C=O) groups excluding carboxylic acids is 2. The largest absolute Gasteiger partial charge is 0.493 e. The van der Waals surface area contributed by atoms with Gasteiger partial charge in [-0.25, -0.2) is 4.79 Å². The number of amides is 1. The lowest BCUT2D eigenvalue weighted by molar-refractivity contribution is -0.118. The molecule has 1 N–H and O–H groups in total. The van der Waals surface area contributed by atoms with E-state index in [1.807, 2.05) is 6.07 Å². The van der Waals surface area contributed by atoms with E-state index in [4.69, 9.17) is 14.2 Å². The van der Waals surface area contributed by atoms with Crippen molar-refractivity contribution in [2.45, 2.75) is 20.3 Å². The highest BCUT2D eigenvalue weighted by Gasteiger charge is 2.10. The van der Waals surface area contributed by atoms with Crippen molar-refractivity contribution in [3.8, 4) is 11.5 Å². The molecule has 0 aliphatic rings. The number of rotatable bonds is 9. The van der Waals surface area contributed by atoms with Crippen LogP contribution in [0, 0.1) is 5.92 Å². The van der Waals surface area contributed by atoms with Crippen LogP contribution in [0.4, 0.5) is 5.69 Å². The molecule has 27 heavy (non-hydrogen) atoms. The molecule has 0 fully saturated rings. The Hall–Kier alpha value is -3.02. The lowest BCUT2D eigenvalue weighted by Crippen LogP contribution is -2.20. The van der Waals surface area contributed by atoms with Gasteiger partial charge < -0.3 is 19.5 Å². The Morgan fingerprint density at radius 2 is 1.67 bits per heavy atom. The fourth-order valence-electron chi connectivity index (χ4n) is 2.24. The highest BCUT2D eigenvalue weighted by Crippen LogP contribution is 2.25. The lowest BCUT2D eigenvalue weighted by atomic mass is 10.1. The Bertz CT molecular complexity index is 755. The average Bonchev–Trinajstić information content (AvgIpc) is 2.66. The smallest absolute Gasteiger partial charge is 0.338 e. The fourth-order valence-corrected chi connectivity index (χ4v) is 2.24. The van der Waals surface area contributed by atoms with Crippen molar-refractivity contribution in [3.63, 3.8) is 0 Å². The van der Waals surface area contributed by atoms with E-state index in [0.717, 1.165) is 6.42 Å². The minimum Gasteiger partial charge on any atom is -0.493 e.